The fraction of sp³-hybridized carbons (Fsp3) is 0.652. The molecule has 0 N–H and O–H groups in total. The first-order chi connectivity index (χ1) is 14.8. The van der Waals surface area contributed by atoms with E-state index in [4.69, 9.17) is 0 Å². The van der Waals surface area contributed by atoms with Gasteiger partial charge in [0.2, 0.25) is 15.9 Å². The number of piperazine rings is 1. The van der Waals surface area contributed by atoms with Crippen LogP contribution in [-0.4, -0.2) is 73.7 Å². The summed E-state index contributed by atoms with van der Waals surface area (Å²) in [4.78, 5) is 16.8. The molecule has 1 aliphatic heterocycles. The molecule has 1 saturated carbocycles. The number of hydrogen-bond donors (Lipinski definition) is 0. The van der Waals surface area contributed by atoms with E-state index in [-0.39, 0.29) is 12.5 Å². The Hall–Kier alpha value is -1.95. The molecule has 2 aliphatic rings. The van der Waals surface area contributed by atoms with Gasteiger partial charge in [-0.1, -0.05) is 44.7 Å². The zero-order valence-electron chi connectivity index (χ0n) is 18.7. The second-order valence-corrected chi connectivity index (χ2v) is 10.7. The summed E-state index contributed by atoms with van der Waals surface area (Å²) in [5, 5.41) is 9.72. The van der Waals surface area contributed by atoms with Crippen molar-refractivity contribution < 1.29 is 13.2 Å². The van der Waals surface area contributed by atoms with Gasteiger partial charge in [-0.15, -0.1) is 0 Å². The van der Waals surface area contributed by atoms with Crippen LogP contribution >= 0.6 is 0 Å². The number of hydrogen-bond acceptors (Lipinski definition) is 5. The maximum absolute atomic E-state index is 13.0. The predicted octanol–water partition coefficient (Wildman–Crippen LogP) is 2.63. The van der Waals surface area contributed by atoms with Crippen molar-refractivity contribution in [3.63, 3.8) is 0 Å². The molecule has 0 radical (unpaired) electrons. The normalized spacial score (nSPS) is 20.2. The van der Waals surface area contributed by atoms with E-state index in [1.807, 2.05) is 17.0 Å². The van der Waals surface area contributed by atoms with Crippen LogP contribution in [-0.2, 0) is 21.2 Å². The van der Waals surface area contributed by atoms with Crippen LogP contribution in [0.25, 0.3) is 0 Å². The third-order valence-electron chi connectivity index (χ3n) is 6.69. The molecule has 1 aliphatic carbocycles. The predicted molar refractivity (Wildman–Crippen MR) is 120 cm³/mol. The van der Waals surface area contributed by atoms with Gasteiger partial charge in [-0.2, -0.15) is 9.57 Å². The zero-order chi connectivity index (χ0) is 22.5. The van der Waals surface area contributed by atoms with Crippen LogP contribution in [0.3, 0.4) is 0 Å². The number of nitriles is 1. The minimum Gasteiger partial charge on any atom is -0.326 e. The standard InChI is InChI=1S/C23H34N4O3S/c1-3-7-20-8-10-21(11-9-20)31(29,30)27-16-14-26(15-17-27)18-22(28)25(2)23(19-24)12-5-4-6-13-23/h8-11H,3-7,12-18H2,1-2H3. The minimum absolute atomic E-state index is 0.0636. The largest absolute Gasteiger partial charge is 0.326 e. The molecule has 1 heterocycles. The van der Waals surface area contributed by atoms with Gasteiger partial charge in [0.25, 0.3) is 0 Å². The number of sulfonamides is 1. The summed E-state index contributed by atoms with van der Waals surface area (Å²) >= 11 is 0. The van der Waals surface area contributed by atoms with Crippen molar-refractivity contribution in [2.75, 3.05) is 39.8 Å². The van der Waals surface area contributed by atoms with Gasteiger partial charge in [0, 0.05) is 33.2 Å². The van der Waals surface area contributed by atoms with Crippen LogP contribution in [0.2, 0.25) is 0 Å². The van der Waals surface area contributed by atoms with E-state index in [0.29, 0.717) is 31.1 Å². The van der Waals surface area contributed by atoms with Crippen molar-refractivity contribution in [1.82, 2.24) is 14.1 Å². The molecular weight excluding hydrogens is 412 g/mol. The quantitative estimate of drug-likeness (QED) is 0.643. The third-order valence-corrected chi connectivity index (χ3v) is 8.61. The van der Waals surface area contributed by atoms with Crippen LogP contribution in [0.4, 0.5) is 0 Å². The minimum atomic E-state index is -3.52. The second-order valence-electron chi connectivity index (χ2n) is 8.73. The van der Waals surface area contributed by atoms with E-state index in [9.17, 15) is 18.5 Å². The molecule has 0 aromatic heterocycles. The number of amides is 1. The Bertz CT molecular complexity index is 894. The molecule has 8 heteroatoms. The monoisotopic (exact) mass is 446 g/mol. The number of aryl methyl sites for hydroxylation is 1. The average Bonchev–Trinajstić information content (AvgIpc) is 2.80. The van der Waals surface area contributed by atoms with Gasteiger partial charge in [0.1, 0.15) is 5.54 Å². The lowest BCUT2D eigenvalue weighted by molar-refractivity contribution is -0.136. The number of carbonyl (C=O) groups is 1. The van der Waals surface area contributed by atoms with Crippen LogP contribution in [0.1, 0.15) is 51.0 Å². The molecule has 0 spiro atoms. The molecule has 1 aromatic rings. The summed E-state index contributed by atoms with van der Waals surface area (Å²) in [6, 6.07) is 9.55. The Kier molecular flexibility index (Phi) is 7.73. The average molecular weight is 447 g/mol. The van der Waals surface area contributed by atoms with E-state index in [0.717, 1.165) is 50.5 Å². The van der Waals surface area contributed by atoms with Crippen LogP contribution < -0.4 is 0 Å². The summed E-state index contributed by atoms with van der Waals surface area (Å²) in [5.74, 6) is -0.0636. The van der Waals surface area contributed by atoms with E-state index >= 15 is 0 Å². The van der Waals surface area contributed by atoms with E-state index in [1.54, 1.807) is 24.1 Å². The van der Waals surface area contributed by atoms with Gasteiger partial charge < -0.3 is 4.90 Å². The first-order valence-corrected chi connectivity index (χ1v) is 12.8. The van der Waals surface area contributed by atoms with E-state index < -0.39 is 15.6 Å². The van der Waals surface area contributed by atoms with Crippen molar-refractivity contribution in [3.8, 4) is 6.07 Å². The van der Waals surface area contributed by atoms with Crippen LogP contribution in [0.15, 0.2) is 29.2 Å². The molecule has 7 nitrogen and oxygen atoms in total. The highest BCUT2D eigenvalue weighted by Gasteiger charge is 2.39. The van der Waals surface area contributed by atoms with Crippen LogP contribution in [0, 0.1) is 11.3 Å². The zero-order valence-corrected chi connectivity index (χ0v) is 19.5. The smallest absolute Gasteiger partial charge is 0.243 e. The highest BCUT2D eigenvalue weighted by Crippen LogP contribution is 2.32. The number of carbonyl (C=O) groups excluding carboxylic acids is 1. The molecule has 1 aromatic carbocycles. The summed E-state index contributed by atoms with van der Waals surface area (Å²) < 4.78 is 27.5. The van der Waals surface area contributed by atoms with Gasteiger partial charge >= 0.3 is 0 Å². The SMILES string of the molecule is CCCc1ccc(S(=O)(=O)N2CCN(CC(=O)N(C)C3(C#N)CCCCC3)CC2)cc1. The lowest BCUT2D eigenvalue weighted by Crippen LogP contribution is -2.55. The van der Waals surface area contributed by atoms with Gasteiger partial charge in [-0.05, 0) is 37.0 Å². The number of likely N-dealkylation sites (N-methyl/N-ethyl adjacent to an activating group) is 1. The summed E-state index contributed by atoms with van der Waals surface area (Å²) in [6.45, 7) is 4.05. The molecular formula is C23H34N4O3S. The molecule has 2 fully saturated rings. The molecule has 1 amide bonds. The molecule has 31 heavy (non-hydrogen) atoms. The molecule has 0 unspecified atom stereocenters. The summed E-state index contributed by atoms with van der Waals surface area (Å²) in [5.41, 5.74) is 0.451. The highest BCUT2D eigenvalue weighted by atomic mass is 32.2. The molecule has 1 saturated heterocycles. The Labute approximate surface area is 186 Å². The molecule has 0 bridgehead atoms. The summed E-state index contributed by atoms with van der Waals surface area (Å²) in [6.07, 6.45) is 6.49. The maximum Gasteiger partial charge on any atom is 0.243 e. The van der Waals surface area contributed by atoms with E-state index in [1.165, 1.54) is 4.31 Å². The van der Waals surface area contributed by atoms with Crippen molar-refractivity contribution in [3.05, 3.63) is 29.8 Å². The Morgan fingerprint density at radius 3 is 2.26 bits per heavy atom. The molecule has 170 valence electrons. The fourth-order valence-corrected chi connectivity index (χ4v) is 6.01. The first-order valence-electron chi connectivity index (χ1n) is 11.3. The lowest BCUT2D eigenvalue weighted by atomic mass is 9.81. The Morgan fingerprint density at radius 2 is 1.71 bits per heavy atom. The van der Waals surface area contributed by atoms with E-state index in [2.05, 4.69) is 13.0 Å². The number of nitrogens with zero attached hydrogens (tertiary/aromatic N) is 4. The van der Waals surface area contributed by atoms with Crippen LogP contribution in [0.5, 0.6) is 0 Å². The van der Waals surface area contributed by atoms with Gasteiger partial charge in [-0.3, -0.25) is 9.69 Å². The number of rotatable bonds is 7. The topological polar surface area (TPSA) is 84.7 Å². The van der Waals surface area contributed by atoms with Gasteiger partial charge in [0.05, 0.1) is 17.5 Å². The van der Waals surface area contributed by atoms with Crippen molar-refractivity contribution >= 4 is 15.9 Å². The van der Waals surface area contributed by atoms with Gasteiger partial charge in [0.15, 0.2) is 0 Å². The number of benzene rings is 1. The fourth-order valence-electron chi connectivity index (χ4n) is 4.59. The van der Waals surface area contributed by atoms with Crippen molar-refractivity contribution in [2.24, 2.45) is 0 Å². The maximum atomic E-state index is 13.0. The van der Waals surface area contributed by atoms with Crippen molar-refractivity contribution in [1.29, 1.82) is 5.26 Å². The Morgan fingerprint density at radius 1 is 1.10 bits per heavy atom. The second kappa shape index (κ2) is 10.1. The molecule has 0 atom stereocenters. The Balaban J connectivity index is 1.56. The summed E-state index contributed by atoms with van der Waals surface area (Å²) in [7, 11) is -1.79. The molecule has 3 rings (SSSR count). The lowest BCUT2D eigenvalue weighted by Gasteiger charge is -2.40. The highest BCUT2D eigenvalue weighted by molar-refractivity contribution is 7.89. The van der Waals surface area contributed by atoms with Gasteiger partial charge in [-0.25, -0.2) is 8.42 Å². The third kappa shape index (κ3) is 5.28. The van der Waals surface area contributed by atoms with Crippen molar-refractivity contribution in [2.45, 2.75) is 62.3 Å². The first kappa shape index (κ1) is 23.7.